The van der Waals surface area contributed by atoms with Crippen molar-refractivity contribution in [3.8, 4) is 5.75 Å². The fourth-order valence-electron chi connectivity index (χ4n) is 3.19. The van der Waals surface area contributed by atoms with Crippen LogP contribution in [0.4, 0.5) is 0 Å². The van der Waals surface area contributed by atoms with Gasteiger partial charge in [-0.1, -0.05) is 75.5 Å². The van der Waals surface area contributed by atoms with Gasteiger partial charge < -0.3 is 10.4 Å². The monoisotopic (exact) mass is 399 g/mol. The number of amides is 1. The minimum Gasteiger partial charge on any atom is -0.508 e. The van der Waals surface area contributed by atoms with E-state index in [1.165, 1.54) is 51.4 Å². The van der Waals surface area contributed by atoms with Gasteiger partial charge in [0.25, 0.3) is 0 Å². The molecule has 0 saturated heterocycles. The lowest BCUT2D eigenvalue weighted by Gasteiger charge is -2.06. The average Bonchev–Trinajstić information content (AvgIpc) is 2.72. The zero-order valence-electron chi connectivity index (χ0n) is 18.4. The van der Waals surface area contributed by atoms with Crippen molar-refractivity contribution in [2.24, 2.45) is 0 Å². The van der Waals surface area contributed by atoms with Gasteiger partial charge in [0.15, 0.2) is 0 Å². The molecule has 1 aromatic rings. The Labute approximate surface area is 178 Å². The number of nitrogens with one attached hydrogen (secondary N) is 1. The first-order valence-corrected chi connectivity index (χ1v) is 11.6. The molecule has 0 aromatic heterocycles. The average molecular weight is 400 g/mol. The standard InChI is InChI=1S/C26H41NO2/c1-2-3-4-5-6-7-8-9-10-11-12-13-14-15-16-17-26(29)27-23-22-24-18-20-25(28)21-19-24/h6-7,9-10,18-21,28H,2-5,8,11-17,22-23H2,1H3,(H,27,29)/b7-6-,10-9-. The van der Waals surface area contributed by atoms with Crippen LogP contribution in [0.1, 0.15) is 89.5 Å². The number of unbranched alkanes of at least 4 members (excludes halogenated alkanes) is 8. The summed E-state index contributed by atoms with van der Waals surface area (Å²) < 4.78 is 0. The van der Waals surface area contributed by atoms with Gasteiger partial charge in [-0.15, -0.1) is 0 Å². The zero-order valence-corrected chi connectivity index (χ0v) is 18.4. The fourth-order valence-corrected chi connectivity index (χ4v) is 3.19. The van der Waals surface area contributed by atoms with E-state index < -0.39 is 0 Å². The van der Waals surface area contributed by atoms with Gasteiger partial charge in [-0.3, -0.25) is 4.79 Å². The van der Waals surface area contributed by atoms with E-state index in [-0.39, 0.29) is 11.7 Å². The predicted molar refractivity (Wildman–Crippen MR) is 124 cm³/mol. The van der Waals surface area contributed by atoms with Crippen molar-refractivity contribution in [3.05, 3.63) is 54.1 Å². The molecule has 0 spiro atoms. The number of rotatable bonds is 17. The van der Waals surface area contributed by atoms with Gasteiger partial charge in [-0.2, -0.15) is 0 Å². The molecule has 0 aliphatic rings. The largest absolute Gasteiger partial charge is 0.508 e. The van der Waals surface area contributed by atoms with Gasteiger partial charge in [0.05, 0.1) is 0 Å². The first-order chi connectivity index (χ1) is 14.2. The number of hydrogen-bond donors (Lipinski definition) is 2. The molecule has 0 atom stereocenters. The summed E-state index contributed by atoms with van der Waals surface area (Å²) in [4.78, 5) is 11.9. The Morgan fingerprint density at radius 2 is 1.48 bits per heavy atom. The van der Waals surface area contributed by atoms with Gasteiger partial charge in [0, 0.05) is 13.0 Å². The van der Waals surface area contributed by atoms with Gasteiger partial charge in [0.2, 0.25) is 5.91 Å². The number of hydrogen-bond acceptors (Lipinski definition) is 2. The molecule has 0 unspecified atom stereocenters. The van der Waals surface area contributed by atoms with Gasteiger partial charge in [0.1, 0.15) is 5.75 Å². The van der Waals surface area contributed by atoms with Crippen LogP contribution in [0.5, 0.6) is 5.75 Å². The van der Waals surface area contributed by atoms with Crippen LogP contribution in [0.15, 0.2) is 48.6 Å². The summed E-state index contributed by atoms with van der Waals surface area (Å²) in [5.74, 6) is 0.425. The highest BCUT2D eigenvalue weighted by Gasteiger charge is 2.01. The lowest BCUT2D eigenvalue weighted by Crippen LogP contribution is -2.25. The maximum atomic E-state index is 11.9. The first-order valence-electron chi connectivity index (χ1n) is 11.6. The minimum absolute atomic E-state index is 0.148. The van der Waals surface area contributed by atoms with Crippen LogP contribution < -0.4 is 5.32 Å². The van der Waals surface area contributed by atoms with Crippen LogP contribution in [-0.2, 0) is 11.2 Å². The SMILES string of the molecule is CCCCC/C=C\C/C=C\CCCCCCCC(=O)NCCc1ccc(O)cc1. The Hall–Kier alpha value is -2.03. The van der Waals surface area contributed by atoms with Crippen molar-refractivity contribution in [2.75, 3.05) is 6.54 Å². The van der Waals surface area contributed by atoms with Crippen LogP contribution in [0, 0.1) is 0 Å². The molecule has 0 heterocycles. The summed E-state index contributed by atoms with van der Waals surface area (Å²) in [6, 6.07) is 7.14. The number of aromatic hydroxyl groups is 1. The van der Waals surface area contributed by atoms with E-state index in [9.17, 15) is 9.90 Å². The molecule has 1 amide bonds. The molecule has 2 N–H and O–H groups in total. The third-order valence-electron chi connectivity index (χ3n) is 5.03. The molecular formula is C26H41NO2. The minimum atomic E-state index is 0.148. The second kappa shape index (κ2) is 18.0. The molecule has 29 heavy (non-hydrogen) atoms. The molecule has 1 rings (SSSR count). The third-order valence-corrected chi connectivity index (χ3v) is 5.03. The smallest absolute Gasteiger partial charge is 0.220 e. The van der Waals surface area contributed by atoms with Gasteiger partial charge >= 0.3 is 0 Å². The topological polar surface area (TPSA) is 49.3 Å². The molecule has 3 nitrogen and oxygen atoms in total. The van der Waals surface area contributed by atoms with Crippen LogP contribution >= 0.6 is 0 Å². The number of carbonyl (C=O) groups is 1. The van der Waals surface area contributed by atoms with E-state index in [0.29, 0.717) is 13.0 Å². The number of phenols is 1. The Bertz CT molecular complexity index is 575. The van der Waals surface area contributed by atoms with Crippen LogP contribution in [0.2, 0.25) is 0 Å². The van der Waals surface area contributed by atoms with Crippen molar-refractivity contribution in [1.82, 2.24) is 5.32 Å². The van der Waals surface area contributed by atoms with Crippen LogP contribution in [-0.4, -0.2) is 17.6 Å². The molecule has 0 aliphatic heterocycles. The Morgan fingerprint density at radius 3 is 2.17 bits per heavy atom. The molecular weight excluding hydrogens is 358 g/mol. The molecule has 0 radical (unpaired) electrons. The van der Waals surface area contributed by atoms with E-state index in [4.69, 9.17) is 0 Å². The summed E-state index contributed by atoms with van der Waals surface area (Å²) in [6.45, 7) is 2.90. The summed E-state index contributed by atoms with van der Waals surface area (Å²) >= 11 is 0. The van der Waals surface area contributed by atoms with E-state index in [0.717, 1.165) is 31.2 Å². The fraction of sp³-hybridized carbons (Fsp3) is 0.577. The van der Waals surface area contributed by atoms with Crippen LogP contribution in [0.3, 0.4) is 0 Å². The molecule has 0 saturated carbocycles. The summed E-state index contributed by atoms with van der Waals surface area (Å²) in [5, 5.41) is 12.2. The molecule has 0 fully saturated rings. The number of benzene rings is 1. The van der Waals surface area contributed by atoms with Crippen LogP contribution in [0.25, 0.3) is 0 Å². The summed E-state index contributed by atoms with van der Waals surface area (Å²) in [7, 11) is 0. The number of phenolic OH excluding ortho intramolecular Hbond substituents is 1. The Morgan fingerprint density at radius 1 is 0.862 bits per heavy atom. The Balaban J connectivity index is 1.86. The molecule has 0 aliphatic carbocycles. The zero-order chi connectivity index (χ0) is 21.0. The first kappa shape index (κ1) is 25.0. The highest BCUT2D eigenvalue weighted by molar-refractivity contribution is 5.75. The molecule has 0 bridgehead atoms. The summed E-state index contributed by atoms with van der Waals surface area (Å²) in [5.41, 5.74) is 1.13. The highest BCUT2D eigenvalue weighted by atomic mass is 16.3. The molecule has 162 valence electrons. The predicted octanol–water partition coefficient (Wildman–Crippen LogP) is 6.86. The lowest BCUT2D eigenvalue weighted by molar-refractivity contribution is -0.121. The van der Waals surface area contributed by atoms with Crippen molar-refractivity contribution in [1.29, 1.82) is 0 Å². The normalized spacial score (nSPS) is 11.5. The quantitative estimate of drug-likeness (QED) is 0.222. The lowest BCUT2D eigenvalue weighted by atomic mass is 10.1. The summed E-state index contributed by atoms with van der Waals surface area (Å²) in [6.07, 6.45) is 23.8. The van der Waals surface area contributed by atoms with E-state index in [1.807, 2.05) is 12.1 Å². The van der Waals surface area contributed by atoms with Crippen molar-refractivity contribution in [2.45, 2.75) is 90.4 Å². The van der Waals surface area contributed by atoms with Gasteiger partial charge in [-0.05, 0) is 62.6 Å². The molecule has 1 aromatic carbocycles. The maximum absolute atomic E-state index is 11.9. The second-order valence-corrected chi connectivity index (χ2v) is 7.75. The highest BCUT2D eigenvalue weighted by Crippen LogP contribution is 2.10. The van der Waals surface area contributed by atoms with E-state index in [1.54, 1.807) is 12.1 Å². The van der Waals surface area contributed by atoms with E-state index >= 15 is 0 Å². The van der Waals surface area contributed by atoms with Crippen molar-refractivity contribution < 1.29 is 9.90 Å². The number of carbonyl (C=O) groups excluding carboxylic acids is 1. The van der Waals surface area contributed by atoms with Gasteiger partial charge in [-0.25, -0.2) is 0 Å². The number of allylic oxidation sites excluding steroid dienone is 4. The maximum Gasteiger partial charge on any atom is 0.220 e. The van der Waals surface area contributed by atoms with Crippen molar-refractivity contribution >= 4 is 5.91 Å². The van der Waals surface area contributed by atoms with Crippen molar-refractivity contribution in [3.63, 3.8) is 0 Å². The second-order valence-electron chi connectivity index (χ2n) is 7.75. The van der Waals surface area contributed by atoms with E-state index in [2.05, 4.69) is 36.5 Å². The molecule has 3 heteroatoms. The Kier molecular flexibility index (Phi) is 15.5. The third kappa shape index (κ3) is 15.6.